The van der Waals surface area contributed by atoms with Crippen molar-refractivity contribution in [1.29, 1.82) is 0 Å². The van der Waals surface area contributed by atoms with Crippen molar-refractivity contribution in [2.24, 2.45) is 0 Å². The largest absolute Gasteiger partial charge is 0.495 e. The highest BCUT2D eigenvalue weighted by molar-refractivity contribution is 7.93. The molecule has 31 heavy (non-hydrogen) atoms. The Morgan fingerprint density at radius 3 is 1.97 bits per heavy atom. The van der Waals surface area contributed by atoms with Gasteiger partial charge in [-0.2, -0.15) is 4.31 Å². The summed E-state index contributed by atoms with van der Waals surface area (Å²) in [4.78, 5) is 13.7. The number of anilines is 1. The molecule has 0 spiro atoms. The number of carbonyl (C=O) groups is 1. The number of carbonyl (C=O) groups excluding carboxylic acids is 1. The number of benzene rings is 3. The van der Waals surface area contributed by atoms with Gasteiger partial charge in [-0.3, -0.25) is 4.79 Å². The summed E-state index contributed by atoms with van der Waals surface area (Å²) in [5.74, 6) is -0.259. The van der Waals surface area contributed by atoms with Gasteiger partial charge in [0.05, 0.1) is 22.7 Å². The van der Waals surface area contributed by atoms with Gasteiger partial charge in [-0.25, -0.2) is 8.42 Å². The Labute approximate surface area is 188 Å². The first kappa shape index (κ1) is 22.8. The predicted molar refractivity (Wildman–Crippen MR) is 124 cm³/mol. The molecule has 0 atom stereocenters. The molecule has 5 nitrogen and oxygen atoms in total. The first-order valence-corrected chi connectivity index (χ1v) is 11.5. The van der Waals surface area contributed by atoms with Gasteiger partial charge in [0.1, 0.15) is 5.75 Å². The minimum atomic E-state index is -4.21. The van der Waals surface area contributed by atoms with Crippen LogP contribution in [-0.2, 0) is 10.0 Å². The molecule has 3 rings (SSSR count). The second-order valence-electron chi connectivity index (χ2n) is 7.48. The lowest BCUT2D eigenvalue weighted by molar-refractivity contribution is 0.100. The lowest BCUT2D eigenvalue weighted by atomic mass is 9.99. The molecule has 7 heteroatoms. The van der Waals surface area contributed by atoms with E-state index in [1.54, 1.807) is 26.0 Å². The molecule has 0 aromatic heterocycles. The average Bonchev–Trinajstić information content (AvgIpc) is 2.67. The van der Waals surface area contributed by atoms with Crippen molar-refractivity contribution in [1.82, 2.24) is 0 Å². The van der Waals surface area contributed by atoms with E-state index in [1.165, 1.54) is 37.4 Å². The molecular weight excluding hydrogens is 434 g/mol. The second-order valence-corrected chi connectivity index (χ2v) is 9.67. The van der Waals surface area contributed by atoms with Gasteiger partial charge in [0.2, 0.25) is 0 Å². The molecule has 0 N–H and O–H groups in total. The first-order valence-electron chi connectivity index (χ1n) is 9.64. The summed E-state index contributed by atoms with van der Waals surface area (Å²) in [7, 11) is -2.75. The quantitative estimate of drug-likeness (QED) is 0.499. The van der Waals surface area contributed by atoms with Crippen LogP contribution in [0.1, 0.15) is 32.6 Å². The molecule has 0 radical (unpaired) electrons. The topological polar surface area (TPSA) is 63.7 Å². The van der Waals surface area contributed by atoms with E-state index in [-0.39, 0.29) is 15.6 Å². The number of amides is 1. The summed E-state index contributed by atoms with van der Waals surface area (Å²) < 4.78 is 33.3. The van der Waals surface area contributed by atoms with E-state index < -0.39 is 15.9 Å². The summed E-state index contributed by atoms with van der Waals surface area (Å²) in [6, 6.07) is 14.6. The predicted octanol–water partition coefficient (Wildman–Crippen LogP) is 5.62. The fourth-order valence-corrected chi connectivity index (χ4v) is 5.22. The lowest BCUT2D eigenvalue weighted by Gasteiger charge is -2.25. The minimum Gasteiger partial charge on any atom is -0.495 e. The van der Waals surface area contributed by atoms with Crippen LogP contribution in [0.5, 0.6) is 5.75 Å². The molecule has 0 aliphatic rings. The molecule has 0 bridgehead atoms. The van der Waals surface area contributed by atoms with Crippen LogP contribution in [0, 0.1) is 27.7 Å². The van der Waals surface area contributed by atoms with Crippen LogP contribution in [0.3, 0.4) is 0 Å². The number of nitrogens with zero attached hydrogens (tertiary/aromatic N) is 1. The molecule has 1 amide bonds. The Balaban J connectivity index is 2.26. The van der Waals surface area contributed by atoms with Crippen molar-refractivity contribution in [3.8, 4) is 5.75 Å². The molecule has 3 aromatic rings. The van der Waals surface area contributed by atoms with Gasteiger partial charge in [0.25, 0.3) is 15.9 Å². The van der Waals surface area contributed by atoms with Crippen LogP contribution < -0.4 is 9.04 Å². The Morgan fingerprint density at radius 2 is 1.45 bits per heavy atom. The van der Waals surface area contributed by atoms with Gasteiger partial charge in [-0.05, 0) is 69.2 Å². The third-order valence-corrected chi connectivity index (χ3v) is 7.03. The van der Waals surface area contributed by atoms with E-state index in [9.17, 15) is 13.2 Å². The van der Waals surface area contributed by atoms with Gasteiger partial charge >= 0.3 is 0 Å². The zero-order valence-corrected chi connectivity index (χ0v) is 19.6. The zero-order chi connectivity index (χ0) is 22.9. The van der Waals surface area contributed by atoms with Crippen LogP contribution in [0.25, 0.3) is 0 Å². The minimum absolute atomic E-state index is 0.0146. The second kappa shape index (κ2) is 8.73. The van der Waals surface area contributed by atoms with E-state index in [0.29, 0.717) is 22.4 Å². The van der Waals surface area contributed by atoms with Crippen molar-refractivity contribution in [3.63, 3.8) is 0 Å². The van der Waals surface area contributed by atoms with Crippen molar-refractivity contribution < 1.29 is 17.9 Å². The summed E-state index contributed by atoms with van der Waals surface area (Å²) in [5.41, 5.74) is 3.78. The number of halogens is 1. The smallest absolute Gasteiger partial charge is 0.272 e. The standard InChI is InChI=1S/C24H24ClNO4S/c1-15-6-9-20(10-7-15)31(28,29)26(19-8-11-22(30-5)21(25)14-19)24(27)23-17(3)12-16(2)13-18(23)4/h6-14H,1-5H3. The van der Waals surface area contributed by atoms with Crippen LogP contribution in [0.2, 0.25) is 5.02 Å². The molecular formula is C24H24ClNO4S. The Hall–Kier alpha value is -2.83. The molecule has 0 unspecified atom stereocenters. The van der Waals surface area contributed by atoms with Crippen molar-refractivity contribution in [2.75, 3.05) is 11.4 Å². The first-order chi connectivity index (χ1) is 14.6. The Kier molecular flexibility index (Phi) is 6.43. The number of methoxy groups -OCH3 is 1. The van der Waals surface area contributed by atoms with Gasteiger partial charge in [0.15, 0.2) is 0 Å². The van der Waals surface area contributed by atoms with Crippen molar-refractivity contribution in [3.05, 3.63) is 87.4 Å². The van der Waals surface area contributed by atoms with Gasteiger partial charge < -0.3 is 4.74 Å². The fraction of sp³-hybridized carbons (Fsp3) is 0.208. The Bertz CT molecular complexity index is 1230. The van der Waals surface area contributed by atoms with E-state index in [1.807, 2.05) is 26.0 Å². The molecule has 3 aromatic carbocycles. The molecule has 162 valence electrons. The number of hydrogen-bond donors (Lipinski definition) is 0. The normalized spacial score (nSPS) is 11.3. The van der Waals surface area contributed by atoms with Gasteiger partial charge in [-0.1, -0.05) is 47.0 Å². The maximum Gasteiger partial charge on any atom is 0.272 e. The molecule has 0 aliphatic heterocycles. The summed E-state index contributed by atoms with van der Waals surface area (Å²) >= 11 is 6.27. The van der Waals surface area contributed by atoms with Gasteiger partial charge in [-0.15, -0.1) is 0 Å². The van der Waals surface area contributed by atoms with Crippen LogP contribution in [-0.4, -0.2) is 21.4 Å². The Morgan fingerprint density at radius 1 is 0.871 bits per heavy atom. The summed E-state index contributed by atoms with van der Waals surface area (Å²) in [6.45, 7) is 7.38. The zero-order valence-electron chi connectivity index (χ0n) is 18.1. The summed E-state index contributed by atoms with van der Waals surface area (Å²) in [6.07, 6.45) is 0. The number of aryl methyl sites for hydroxylation is 4. The monoisotopic (exact) mass is 457 g/mol. The average molecular weight is 458 g/mol. The maximum atomic E-state index is 13.7. The number of sulfonamides is 1. The highest BCUT2D eigenvalue weighted by atomic mass is 35.5. The molecule has 0 saturated carbocycles. The van der Waals surface area contributed by atoms with E-state index >= 15 is 0 Å². The molecule has 0 aliphatic carbocycles. The van der Waals surface area contributed by atoms with Crippen LogP contribution in [0.4, 0.5) is 5.69 Å². The molecule has 0 saturated heterocycles. The highest BCUT2D eigenvalue weighted by Crippen LogP contribution is 2.34. The van der Waals surface area contributed by atoms with E-state index in [2.05, 4.69) is 0 Å². The third-order valence-electron chi connectivity index (χ3n) is 5.00. The lowest BCUT2D eigenvalue weighted by Crippen LogP contribution is -2.38. The highest BCUT2D eigenvalue weighted by Gasteiger charge is 2.33. The summed E-state index contributed by atoms with van der Waals surface area (Å²) in [5, 5.41) is 0.203. The number of hydrogen-bond acceptors (Lipinski definition) is 4. The van der Waals surface area contributed by atoms with Crippen molar-refractivity contribution >= 4 is 33.2 Å². The van der Waals surface area contributed by atoms with E-state index in [4.69, 9.17) is 16.3 Å². The number of rotatable bonds is 5. The fourth-order valence-electron chi connectivity index (χ4n) is 3.58. The van der Waals surface area contributed by atoms with Crippen LogP contribution in [0.15, 0.2) is 59.5 Å². The maximum absolute atomic E-state index is 13.7. The van der Waals surface area contributed by atoms with Crippen molar-refractivity contribution in [2.45, 2.75) is 32.6 Å². The SMILES string of the molecule is COc1ccc(N(C(=O)c2c(C)cc(C)cc2C)S(=O)(=O)c2ccc(C)cc2)cc1Cl. The number of ether oxygens (including phenoxy) is 1. The van der Waals surface area contributed by atoms with Gasteiger partial charge in [0, 0.05) is 5.56 Å². The third kappa shape index (κ3) is 4.45. The van der Waals surface area contributed by atoms with Crippen LogP contribution >= 0.6 is 11.6 Å². The molecule has 0 fully saturated rings. The molecule has 0 heterocycles. The van der Waals surface area contributed by atoms with E-state index in [0.717, 1.165) is 15.4 Å².